The molecule has 0 aliphatic heterocycles. The van der Waals surface area contributed by atoms with Crippen molar-refractivity contribution in [3.8, 4) is 0 Å². The molecule has 0 saturated heterocycles. The lowest BCUT2D eigenvalue weighted by atomic mass is 10.1. The number of hydrogen-bond donors (Lipinski definition) is 2. The van der Waals surface area contributed by atoms with E-state index in [1.54, 1.807) is 13.8 Å². The van der Waals surface area contributed by atoms with Crippen LogP contribution < -0.4 is 16.0 Å². The Hall–Kier alpha value is -1.92. The Labute approximate surface area is 122 Å². The predicted molar refractivity (Wildman–Crippen MR) is 77.4 cm³/mol. The van der Waals surface area contributed by atoms with Crippen LogP contribution in [0.15, 0.2) is 18.2 Å². The van der Waals surface area contributed by atoms with Crippen LogP contribution in [0.5, 0.6) is 0 Å². The van der Waals surface area contributed by atoms with E-state index in [1.807, 2.05) is 0 Å². The SMILES string of the molecule is CCCN(CC(F)(F)F)c1cc(N)ccc1C(=O)NCC. The van der Waals surface area contributed by atoms with Crippen molar-refractivity contribution in [2.75, 3.05) is 30.3 Å². The van der Waals surface area contributed by atoms with E-state index in [0.29, 0.717) is 18.7 Å². The maximum Gasteiger partial charge on any atom is 0.405 e. The van der Waals surface area contributed by atoms with Crippen molar-refractivity contribution in [1.29, 1.82) is 0 Å². The lowest BCUT2D eigenvalue weighted by molar-refractivity contribution is -0.119. The van der Waals surface area contributed by atoms with E-state index in [9.17, 15) is 18.0 Å². The molecule has 0 spiro atoms. The van der Waals surface area contributed by atoms with E-state index >= 15 is 0 Å². The van der Waals surface area contributed by atoms with Crippen molar-refractivity contribution in [3.63, 3.8) is 0 Å². The van der Waals surface area contributed by atoms with E-state index in [2.05, 4.69) is 5.32 Å². The number of hydrogen-bond acceptors (Lipinski definition) is 3. The highest BCUT2D eigenvalue weighted by atomic mass is 19.4. The normalized spacial score (nSPS) is 11.3. The molecule has 1 amide bonds. The summed E-state index contributed by atoms with van der Waals surface area (Å²) in [6.07, 6.45) is -3.82. The Morgan fingerprint density at radius 2 is 2.00 bits per heavy atom. The van der Waals surface area contributed by atoms with Gasteiger partial charge in [0, 0.05) is 18.8 Å². The van der Waals surface area contributed by atoms with Crippen molar-refractivity contribution < 1.29 is 18.0 Å². The number of anilines is 2. The smallest absolute Gasteiger partial charge is 0.399 e. The molecule has 21 heavy (non-hydrogen) atoms. The average Bonchev–Trinajstić information content (AvgIpc) is 2.36. The van der Waals surface area contributed by atoms with Gasteiger partial charge in [0.2, 0.25) is 0 Å². The van der Waals surface area contributed by atoms with Crippen LogP contribution in [0.4, 0.5) is 24.5 Å². The molecule has 0 heterocycles. The van der Waals surface area contributed by atoms with Crippen LogP contribution in [0, 0.1) is 0 Å². The van der Waals surface area contributed by atoms with Crippen LogP contribution in [-0.4, -0.2) is 31.7 Å². The third-order valence-corrected chi connectivity index (χ3v) is 2.81. The summed E-state index contributed by atoms with van der Waals surface area (Å²) in [6, 6.07) is 4.37. The van der Waals surface area contributed by atoms with E-state index in [1.165, 1.54) is 18.2 Å². The summed E-state index contributed by atoms with van der Waals surface area (Å²) >= 11 is 0. The van der Waals surface area contributed by atoms with Crippen LogP contribution in [0.2, 0.25) is 0 Å². The largest absolute Gasteiger partial charge is 0.405 e. The molecule has 7 heteroatoms. The maximum atomic E-state index is 12.7. The van der Waals surface area contributed by atoms with Gasteiger partial charge in [0.15, 0.2) is 0 Å². The fraction of sp³-hybridized carbons (Fsp3) is 0.500. The van der Waals surface area contributed by atoms with E-state index in [-0.39, 0.29) is 17.8 Å². The van der Waals surface area contributed by atoms with Gasteiger partial charge in [-0.1, -0.05) is 6.92 Å². The summed E-state index contributed by atoms with van der Waals surface area (Å²) in [5, 5.41) is 2.59. The van der Waals surface area contributed by atoms with Crippen molar-refractivity contribution in [3.05, 3.63) is 23.8 Å². The van der Waals surface area contributed by atoms with Gasteiger partial charge in [-0.15, -0.1) is 0 Å². The second kappa shape index (κ2) is 7.19. The van der Waals surface area contributed by atoms with Crippen LogP contribution >= 0.6 is 0 Å². The number of alkyl halides is 3. The van der Waals surface area contributed by atoms with Gasteiger partial charge in [0.25, 0.3) is 5.91 Å². The number of amides is 1. The van der Waals surface area contributed by atoms with Crippen LogP contribution in [0.25, 0.3) is 0 Å². The zero-order valence-corrected chi connectivity index (χ0v) is 12.1. The zero-order valence-electron chi connectivity index (χ0n) is 12.1. The van der Waals surface area contributed by atoms with E-state index in [4.69, 9.17) is 5.73 Å². The summed E-state index contributed by atoms with van der Waals surface area (Å²) in [4.78, 5) is 13.1. The fourth-order valence-electron chi connectivity index (χ4n) is 2.03. The molecule has 0 aliphatic rings. The third-order valence-electron chi connectivity index (χ3n) is 2.81. The topological polar surface area (TPSA) is 58.4 Å². The van der Waals surface area contributed by atoms with E-state index < -0.39 is 18.6 Å². The number of nitrogens with zero attached hydrogens (tertiary/aromatic N) is 1. The molecule has 118 valence electrons. The van der Waals surface area contributed by atoms with Crippen molar-refractivity contribution >= 4 is 17.3 Å². The van der Waals surface area contributed by atoms with Gasteiger partial charge in [0.1, 0.15) is 6.54 Å². The molecule has 1 aromatic carbocycles. The number of nitrogens with one attached hydrogen (secondary N) is 1. The Morgan fingerprint density at radius 3 is 2.52 bits per heavy atom. The molecule has 1 rings (SSSR count). The van der Waals surface area contributed by atoms with Crippen molar-refractivity contribution in [2.45, 2.75) is 26.4 Å². The Balaban J connectivity index is 3.21. The number of rotatable bonds is 6. The van der Waals surface area contributed by atoms with Crippen LogP contribution in [-0.2, 0) is 0 Å². The minimum absolute atomic E-state index is 0.190. The quantitative estimate of drug-likeness (QED) is 0.795. The molecule has 0 aromatic heterocycles. The standard InChI is InChI=1S/C14H20F3N3O/c1-3-7-20(9-14(15,16)17)12-8-10(18)5-6-11(12)13(21)19-4-2/h5-6,8H,3-4,7,9,18H2,1-2H3,(H,19,21). The molecule has 1 aromatic rings. The van der Waals surface area contributed by atoms with Gasteiger partial charge in [0.05, 0.1) is 11.3 Å². The molecule has 0 aliphatic carbocycles. The monoisotopic (exact) mass is 303 g/mol. The number of carbonyl (C=O) groups excluding carboxylic acids is 1. The number of nitrogens with two attached hydrogens (primary N) is 1. The molecule has 0 fully saturated rings. The first-order chi connectivity index (χ1) is 9.78. The molecule has 0 radical (unpaired) electrons. The molecule has 0 bridgehead atoms. The lowest BCUT2D eigenvalue weighted by Gasteiger charge is -2.27. The number of benzene rings is 1. The molecule has 0 atom stereocenters. The molecule has 0 unspecified atom stereocenters. The molecule has 0 saturated carbocycles. The van der Waals surface area contributed by atoms with Gasteiger partial charge < -0.3 is 16.0 Å². The second-order valence-electron chi connectivity index (χ2n) is 4.67. The third kappa shape index (κ3) is 5.17. The Morgan fingerprint density at radius 1 is 1.33 bits per heavy atom. The summed E-state index contributed by atoms with van der Waals surface area (Å²) in [5.74, 6) is -0.407. The zero-order chi connectivity index (χ0) is 16.0. The molecule has 3 N–H and O–H groups in total. The first kappa shape index (κ1) is 17.1. The van der Waals surface area contributed by atoms with Gasteiger partial charge in [-0.05, 0) is 31.5 Å². The Kier molecular flexibility index (Phi) is 5.87. The summed E-state index contributed by atoms with van der Waals surface area (Å²) < 4.78 is 38.2. The van der Waals surface area contributed by atoms with Gasteiger partial charge in [-0.25, -0.2) is 0 Å². The summed E-state index contributed by atoms with van der Waals surface area (Å²) in [7, 11) is 0. The molecule has 4 nitrogen and oxygen atoms in total. The fourth-order valence-corrected chi connectivity index (χ4v) is 2.03. The second-order valence-corrected chi connectivity index (χ2v) is 4.67. The first-order valence-electron chi connectivity index (χ1n) is 6.78. The maximum absolute atomic E-state index is 12.7. The number of halogens is 3. The highest BCUT2D eigenvalue weighted by Gasteiger charge is 2.32. The first-order valence-corrected chi connectivity index (χ1v) is 6.78. The minimum atomic E-state index is -4.35. The minimum Gasteiger partial charge on any atom is -0.399 e. The average molecular weight is 303 g/mol. The lowest BCUT2D eigenvalue weighted by Crippen LogP contribution is -2.36. The van der Waals surface area contributed by atoms with Crippen LogP contribution in [0.1, 0.15) is 30.6 Å². The molecular formula is C14H20F3N3O. The highest BCUT2D eigenvalue weighted by molar-refractivity contribution is 6.00. The van der Waals surface area contributed by atoms with Crippen LogP contribution in [0.3, 0.4) is 0 Å². The van der Waals surface area contributed by atoms with E-state index in [0.717, 1.165) is 4.90 Å². The Bertz CT molecular complexity index is 489. The van der Waals surface area contributed by atoms with Crippen molar-refractivity contribution in [1.82, 2.24) is 5.32 Å². The summed E-state index contributed by atoms with van der Waals surface area (Å²) in [5.41, 5.74) is 6.39. The van der Waals surface area contributed by atoms with Gasteiger partial charge in [-0.2, -0.15) is 13.2 Å². The predicted octanol–water partition coefficient (Wildman–Crippen LogP) is 2.80. The van der Waals surface area contributed by atoms with Crippen molar-refractivity contribution in [2.24, 2.45) is 0 Å². The van der Waals surface area contributed by atoms with Gasteiger partial charge >= 0.3 is 6.18 Å². The number of carbonyl (C=O) groups is 1. The summed E-state index contributed by atoms with van der Waals surface area (Å²) in [6.45, 7) is 3.00. The van der Waals surface area contributed by atoms with Gasteiger partial charge in [-0.3, -0.25) is 4.79 Å². The highest BCUT2D eigenvalue weighted by Crippen LogP contribution is 2.27. The molecular weight excluding hydrogens is 283 g/mol. The number of nitrogen functional groups attached to an aromatic ring is 1.